The van der Waals surface area contributed by atoms with Crippen LogP contribution in [0.4, 0.5) is 10.5 Å². The van der Waals surface area contributed by atoms with Crippen molar-refractivity contribution in [3.05, 3.63) is 53.3 Å². The van der Waals surface area contributed by atoms with Gasteiger partial charge < -0.3 is 25.2 Å². The van der Waals surface area contributed by atoms with Crippen molar-refractivity contribution in [3.63, 3.8) is 0 Å². The number of likely N-dealkylation sites (tertiary alicyclic amines) is 1. The summed E-state index contributed by atoms with van der Waals surface area (Å²) in [7, 11) is 1.65. The van der Waals surface area contributed by atoms with Crippen LogP contribution < -0.4 is 15.4 Å². The maximum Gasteiger partial charge on any atom is 0.319 e. The molecular formula is C27H37N5O3. The van der Waals surface area contributed by atoms with Gasteiger partial charge in [-0.1, -0.05) is 12.1 Å². The molecule has 2 aliphatic rings. The van der Waals surface area contributed by atoms with Crippen molar-refractivity contribution in [1.82, 2.24) is 20.1 Å². The zero-order valence-corrected chi connectivity index (χ0v) is 21.0. The van der Waals surface area contributed by atoms with Crippen molar-refractivity contribution in [2.45, 2.75) is 58.0 Å². The van der Waals surface area contributed by atoms with Gasteiger partial charge in [-0.3, -0.25) is 9.78 Å². The lowest BCUT2D eigenvalue weighted by molar-refractivity contribution is -0.134. The Labute approximate surface area is 208 Å². The van der Waals surface area contributed by atoms with Crippen LogP contribution in [-0.4, -0.2) is 72.1 Å². The maximum absolute atomic E-state index is 13.2. The smallest absolute Gasteiger partial charge is 0.319 e. The number of carbonyl (C=O) groups excluding carboxylic acids is 2. The highest BCUT2D eigenvalue weighted by Gasteiger charge is 2.38. The van der Waals surface area contributed by atoms with Gasteiger partial charge in [-0.25, -0.2) is 4.79 Å². The molecule has 1 aliphatic heterocycles. The first-order valence-electron chi connectivity index (χ1n) is 12.6. The topological polar surface area (TPSA) is 86.8 Å². The Morgan fingerprint density at radius 2 is 1.66 bits per heavy atom. The molecule has 0 atom stereocenters. The Hall–Kier alpha value is -3.13. The minimum Gasteiger partial charge on any atom is -0.497 e. The van der Waals surface area contributed by atoms with Gasteiger partial charge in [-0.15, -0.1) is 0 Å². The predicted molar refractivity (Wildman–Crippen MR) is 137 cm³/mol. The summed E-state index contributed by atoms with van der Waals surface area (Å²) in [5.74, 6) is 1.04. The van der Waals surface area contributed by atoms with Crippen molar-refractivity contribution >= 4 is 17.6 Å². The van der Waals surface area contributed by atoms with Crippen LogP contribution in [0.2, 0.25) is 0 Å². The molecule has 3 amide bonds. The third-order valence-electron chi connectivity index (χ3n) is 6.75. The van der Waals surface area contributed by atoms with Crippen molar-refractivity contribution < 1.29 is 14.3 Å². The van der Waals surface area contributed by atoms with Gasteiger partial charge in [0.2, 0.25) is 5.91 Å². The number of amides is 3. The molecule has 188 valence electrons. The molecular weight excluding hydrogens is 442 g/mol. The highest BCUT2D eigenvalue weighted by atomic mass is 16.5. The molecule has 2 aromatic rings. The molecule has 35 heavy (non-hydrogen) atoms. The SMILES string of the molecule is COc1ccc(CC(=O)N(C2CC2)C2CCN(CCNC(=O)Nc3cc(C)nc(C)c3)CC2)cc1. The van der Waals surface area contributed by atoms with Gasteiger partial charge in [0.25, 0.3) is 0 Å². The second-order valence-electron chi connectivity index (χ2n) is 9.65. The summed E-state index contributed by atoms with van der Waals surface area (Å²) in [6.07, 6.45) is 4.63. The zero-order valence-electron chi connectivity index (χ0n) is 21.0. The minimum atomic E-state index is -0.200. The second kappa shape index (κ2) is 11.5. The summed E-state index contributed by atoms with van der Waals surface area (Å²) in [5, 5.41) is 5.83. The standard InChI is InChI=1S/C27H37N5O3/c1-19-16-22(17-20(2)29-19)30-27(34)28-12-15-31-13-10-24(11-14-31)32(23-6-7-23)26(33)18-21-4-8-25(35-3)9-5-21/h4-5,8-9,16-17,23-24H,6-7,10-15,18H2,1-3H3,(H2,28,29,30,34). The molecule has 8 heteroatoms. The van der Waals surface area contributed by atoms with E-state index in [4.69, 9.17) is 4.74 Å². The molecule has 1 saturated heterocycles. The number of piperidine rings is 1. The van der Waals surface area contributed by atoms with E-state index in [0.717, 1.165) is 73.7 Å². The Morgan fingerprint density at radius 3 is 2.26 bits per heavy atom. The first kappa shape index (κ1) is 25.0. The highest BCUT2D eigenvalue weighted by Crippen LogP contribution is 2.32. The number of anilines is 1. The monoisotopic (exact) mass is 479 g/mol. The molecule has 0 bridgehead atoms. The first-order chi connectivity index (χ1) is 16.9. The van der Waals surface area contributed by atoms with E-state index in [-0.39, 0.29) is 11.9 Å². The third-order valence-corrected chi connectivity index (χ3v) is 6.75. The molecule has 1 aliphatic carbocycles. The van der Waals surface area contributed by atoms with Gasteiger partial charge in [0.1, 0.15) is 5.75 Å². The molecule has 1 aromatic heterocycles. The van der Waals surface area contributed by atoms with Gasteiger partial charge in [0, 0.05) is 55.3 Å². The van der Waals surface area contributed by atoms with Gasteiger partial charge in [0.05, 0.1) is 13.5 Å². The number of nitrogens with zero attached hydrogens (tertiary/aromatic N) is 3. The number of carbonyl (C=O) groups is 2. The van der Waals surface area contributed by atoms with E-state index in [2.05, 4.69) is 25.4 Å². The lowest BCUT2D eigenvalue weighted by Gasteiger charge is -2.39. The number of ether oxygens (including phenoxy) is 1. The molecule has 8 nitrogen and oxygen atoms in total. The number of hydrogen-bond acceptors (Lipinski definition) is 5. The van der Waals surface area contributed by atoms with Gasteiger partial charge in [0.15, 0.2) is 0 Å². The van der Waals surface area contributed by atoms with E-state index in [9.17, 15) is 9.59 Å². The number of urea groups is 1. The molecule has 2 N–H and O–H groups in total. The summed E-state index contributed by atoms with van der Waals surface area (Å²) in [5.41, 5.74) is 3.55. The van der Waals surface area contributed by atoms with Gasteiger partial charge in [-0.2, -0.15) is 0 Å². The Balaban J connectivity index is 1.20. The number of methoxy groups -OCH3 is 1. The zero-order chi connectivity index (χ0) is 24.8. The maximum atomic E-state index is 13.2. The molecule has 1 aromatic carbocycles. The van der Waals surface area contributed by atoms with E-state index in [0.29, 0.717) is 25.0 Å². The van der Waals surface area contributed by atoms with E-state index in [1.165, 1.54) is 0 Å². The van der Waals surface area contributed by atoms with Gasteiger partial charge >= 0.3 is 6.03 Å². The molecule has 2 fully saturated rings. The average molecular weight is 480 g/mol. The molecule has 0 spiro atoms. The first-order valence-corrected chi connectivity index (χ1v) is 12.6. The fourth-order valence-electron chi connectivity index (χ4n) is 4.90. The molecule has 0 unspecified atom stereocenters. The van der Waals surface area contributed by atoms with E-state index < -0.39 is 0 Å². The summed E-state index contributed by atoms with van der Waals surface area (Å²) < 4.78 is 5.22. The lowest BCUT2D eigenvalue weighted by atomic mass is 10.0. The lowest BCUT2D eigenvalue weighted by Crippen LogP contribution is -2.50. The van der Waals surface area contributed by atoms with Crippen LogP contribution in [-0.2, 0) is 11.2 Å². The number of nitrogens with one attached hydrogen (secondary N) is 2. The normalized spacial score (nSPS) is 16.5. The van der Waals surface area contributed by atoms with Crippen molar-refractivity contribution in [3.8, 4) is 5.75 Å². The Kier molecular flexibility index (Phi) is 8.23. The van der Waals surface area contributed by atoms with E-state index in [1.807, 2.05) is 50.2 Å². The quantitative estimate of drug-likeness (QED) is 0.575. The van der Waals surface area contributed by atoms with Crippen molar-refractivity contribution in [2.75, 3.05) is 38.6 Å². The van der Waals surface area contributed by atoms with Crippen LogP contribution in [0.3, 0.4) is 0 Å². The van der Waals surface area contributed by atoms with Crippen LogP contribution in [0.1, 0.15) is 42.6 Å². The number of rotatable bonds is 9. The van der Waals surface area contributed by atoms with E-state index >= 15 is 0 Å². The van der Waals surface area contributed by atoms with Crippen LogP contribution >= 0.6 is 0 Å². The fraction of sp³-hybridized carbons (Fsp3) is 0.519. The molecule has 0 radical (unpaired) electrons. The number of aryl methyl sites for hydroxylation is 2. The summed E-state index contributed by atoms with van der Waals surface area (Å²) >= 11 is 0. The highest BCUT2D eigenvalue weighted by molar-refractivity contribution is 5.89. The predicted octanol–water partition coefficient (Wildman–Crippen LogP) is 3.53. The summed E-state index contributed by atoms with van der Waals surface area (Å²) in [6, 6.07) is 12.0. The summed E-state index contributed by atoms with van der Waals surface area (Å²) in [6.45, 7) is 7.10. The molecule has 4 rings (SSSR count). The van der Waals surface area contributed by atoms with Crippen LogP contribution in [0.5, 0.6) is 5.75 Å². The fourth-order valence-corrected chi connectivity index (χ4v) is 4.90. The van der Waals surface area contributed by atoms with Gasteiger partial charge in [-0.05, 0) is 69.4 Å². The molecule has 1 saturated carbocycles. The van der Waals surface area contributed by atoms with Crippen LogP contribution in [0.25, 0.3) is 0 Å². The van der Waals surface area contributed by atoms with E-state index in [1.54, 1.807) is 7.11 Å². The second-order valence-corrected chi connectivity index (χ2v) is 9.65. The number of pyridine rings is 1. The summed E-state index contributed by atoms with van der Waals surface area (Å²) in [4.78, 5) is 34.3. The Bertz CT molecular complexity index is 994. The van der Waals surface area contributed by atoms with Crippen molar-refractivity contribution in [2.24, 2.45) is 0 Å². The number of hydrogen-bond donors (Lipinski definition) is 2. The largest absolute Gasteiger partial charge is 0.497 e. The van der Waals surface area contributed by atoms with Crippen molar-refractivity contribution in [1.29, 1.82) is 0 Å². The number of aromatic nitrogens is 1. The Morgan fingerprint density at radius 1 is 1.03 bits per heavy atom. The average Bonchev–Trinajstić information content (AvgIpc) is 3.65. The number of benzene rings is 1. The molecule has 2 heterocycles. The third kappa shape index (κ3) is 7.18. The van der Waals surface area contributed by atoms with Crippen LogP contribution in [0, 0.1) is 13.8 Å². The minimum absolute atomic E-state index is 0.200. The van der Waals surface area contributed by atoms with Crippen LogP contribution in [0.15, 0.2) is 36.4 Å².